The highest BCUT2D eigenvalue weighted by Gasteiger charge is 2.46. The van der Waals surface area contributed by atoms with Gasteiger partial charge in [0.15, 0.2) is 0 Å². The molecule has 2 aliphatic rings. The van der Waals surface area contributed by atoms with Gasteiger partial charge in [-0.1, -0.05) is 0 Å². The maximum absolute atomic E-state index is 12.6. The zero-order chi connectivity index (χ0) is 18.2. The maximum Gasteiger partial charge on any atom is 0.335 e. The van der Waals surface area contributed by atoms with E-state index in [2.05, 4.69) is 4.72 Å². The van der Waals surface area contributed by atoms with Crippen LogP contribution >= 0.6 is 0 Å². The van der Waals surface area contributed by atoms with Gasteiger partial charge >= 0.3 is 16.2 Å². The zero-order valence-electron chi connectivity index (χ0n) is 13.8. The fourth-order valence-electron chi connectivity index (χ4n) is 3.60. The first-order valence-corrected chi connectivity index (χ1v) is 9.63. The van der Waals surface area contributed by atoms with E-state index >= 15 is 0 Å². The van der Waals surface area contributed by atoms with Gasteiger partial charge < -0.3 is 9.84 Å². The number of nitrogens with zero attached hydrogens (tertiary/aromatic N) is 1. The number of hydrogen-bond acceptors (Lipinski definition) is 5. The first-order valence-electron chi connectivity index (χ1n) is 8.19. The van der Waals surface area contributed by atoms with E-state index in [-0.39, 0.29) is 35.6 Å². The number of aromatic carboxylic acids is 1. The largest absolute Gasteiger partial charge is 0.493 e. The van der Waals surface area contributed by atoms with Crippen LogP contribution in [0, 0.1) is 0 Å². The molecule has 1 amide bonds. The molecule has 2 N–H and O–H groups in total. The minimum absolute atomic E-state index is 0.0121. The molecule has 0 unspecified atom stereocenters. The van der Waals surface area contributed by atoms with Crippen molar-refractivity contribution in [3.8, 4) is 5.75 Å². The van der Waals surface area contributed by atoms with Gasteiger partial charge in [-0.05, 0) is 50.8 Å². The minimum atomic E-state index is -3.94. The van der Waals surface area contributed by atoms with E-state index in [9.17, 15) is 18.0 Å². The topological polar surface area (TPSA) is 113 Å². The Hall–Kier alpha value is -2.13. The summed E-state index contributed by atoms with van der Waals surface area (Å²) >= 11 is 0. The van der Waals surface area contributed by atoms with Gasteiger partial charge in [0.05, 0.1) is 17.7 Å². The summed E-state index contributed by atoms with van der Waals surface area (Å²) in [5.41, 5.74) is -0.0533. The third kappa shape index (κ3) is 3.34. The fraction of sp³-hybridized carbons (Fsp3) is 0.500. The second-order valence-electron chi connectivity index (χ2n) is 6.18. The van der Waals surface area contributed by atoms with Crippen LogP contribution in [0.15, 0.2) is 18.2 Å². The van der Waals surface area contributed by atoms with Crippen molar-refractivity contribution in [2.75, 3.05) is 6.61 Å². The molecule has 3 rings (SSSR count). The average Bonchev–Trinajstić information content (AvgIpc) is 3.15. The molecular weight excluding hydrogens is 348 g/mol. The summed E-state index contributed by atoms with van der Waals surface area (Å²) in [6.45, 7) is 1.90. The Morgan fingerprint density at radius 3 is 2.36 bits per heavy atom. The van der Waals surface area contributed by atoms with Gasteiger partial charge in [0.1, 0.15) is 5.75 Å². The highest BCUT2D eigenvalue weighted by molar-refractivity contribution is 7.87. The number of amides is 1. The monoisotopic (exact) mass is 368 g/mol. The van der Waals surface area contributed by atoms with Crippen LogP contribution in [0.3, 0.4) is 0 Å². The van der Waals surface area contributed by atoms with Crippen molar-refractivity contribution >= 4 is 22.1 Å². The molecule has 0 aliphatic carbocycles. The van der Waals surface area contributed by atoms with Crippen molar-refractivity contribution in [1.82, 2.24) is 9.03 Å². The Kier molecular flexibility index (Phi) is 4.70. The molecule has 0 aromatic heterocycles. The smallest absolute Gasteiger partial charge is 0.335 e. The van der Waals surface area contributed by atoms with Gasteiger partial charge in [-0.15, -0.1) is 0 Å². The van der Waals surface area contributed by atoms with E-state index in [1.165, 1.54) is 22.5 Å². The fourth-order valence-corrected chi connectivity index (χ4v) is 5.26. The number of rotatable bonds is 6. The summed E-state index contributed by atoms with van der Waals surface area (Å²) in [6.07, 6.45) is 3.27. The summed E-state index contributed by atoms with van der Waals surface area (Å²) in [7, 11) is -3.94. The molecule has 136 valence electrons. The normalized spacial score (nSPS) is 22.8. The summed E-state index contributed by atoms with van der Waals surface area (Å²) in [5, 5.41) is 9.04. The number of nitrogens with one attached hydrogen (secondary N) is 1. The molecule has 2 heterocycles. The number of benzene rings is 1. The average molecular weight is 368 g/mol. The number of hydrogen-bond donors (Lipinski definition) is 2. The zero-order valence-corrected chi connectivity index (χ0v) is 14.6. The summed E-state index contributed by atoms with van der Waals surface area (Å²) in [5.74, 6) is -1.94. The molecule has 1 aromatic rings. The lowest BCUT2D eigenvalue weighted by Gasteiger charge is -2.22. The third-order valence-corrected chi connectivity index (χ3v) is 6.25. The van der Waals surface area contributed by atoms with Crippen LogP contribution in [-0.4, -0.2) is 48.4 Å². The van der Waals surface area contributed by atoms with Gasteiger partial charge in [0.25, 0.3) is 5.91 Å². The molecule has 2 fully saturated rings. The molecule has 8 nitrogen and oxygen atoms in total. The van der Waals surface area contributed by atoms with Gasteiger partial charge in [-0.25, -0.2) is 9.52 Å². The Balaban J connectivity index is 1.84. The van der Waals surface area contributed by atoms with Crippen molar-refractivity contribution in [2.24, 2.45) is 0 Å². The van der Waals surface area contributed by atoms with Crippen molar-refractivity contribution in [2.45, 2.75) is 44.7 Å². The second-order valence-corrected chi connectivity index (χ2v) is 7.75. The lowest BCUT2D eigenvalue weighted by atomic mass is 10.0. The number of carboxylic acids is 1. The van der Waals surface area contributed by atoms with Crippen LogP contribution < -0.4 is 9.46 Å². The molecule has 0 spiro atoms. The van der Waals surface area contributed by atoms with Gasteiger partial charge in [-0.2, -0.15) is 12.7 Å². The Morgan fingerprint density at radius 1 is 1.24 bits per heavy atom. The molecule has 2 aliphatic heterocycles. The van der Waals surface area contributed by atoms with Crippen LogP contribution in [0.1, 0.15) is 53.3 Å². The Morgan fingerprint density at radius 2 is 1.84 bits per heavy atom. The van der Waals surface area contributed by atoms with Crippen molar-refractivity contribution < 1.29 is 27.9 Å². The molecule has 1 aromatic carbocycles. The number of carbonyl (C=O) groups is 2. The van der Waals surface area contributed by atoms with Gasteiger partial charge in [-0.3, -0.25) is 4.79 Å². The minimum Gasteiger partial charge on any atom is -0.493 e. The standard InChI is InChI=1S/C16H20N2O6S/c1-2-24-14-9-10(16(20)21)3-8-13(14)15(19)17-25(22,23)18-11-4-5-12(18)7-6-11/h3,8-9,11-12H,2,4-7H2,1H3,(H,17,19)(H,20,21). The molecule has 0 radical (unpaired) electrons. The second kappa shape index (κ2) is 6.64. The van der Waals surface area contributed by atoms with Crippen molar-refractivity contribution in [3.63, 3.8) is 0 Å². The highest BCUT2D eigenvalue weighted by Crippen LogP contribution is 2.39. The first kappa shape index (κ1) is 17.7. The summed E-state index contributed by atoms with van der Waals surface area (Å²) in [6, 6.07) is 3.63. The molecular formula is C16H20N2O6S. The van der Waals surface area contributed by atoms with Crippen molar-refractivity contribution in [3.05, 3.63) is 29.3 Å². The Bertz CT molecular complexity index is 787. The molecule has 0 saturated carbocycles. The first-order chi connectivity index (χ1) is 11.8. The number of ether oxygens (including phenoxy) is 1. The Labute approximate surface area is 146 Å². The SMILES string of the molecule is CCOc1cc(C(=O)O)ccc1C(=O)NS(=O)(=O)N1C2CCC1CC2. The number of carboxylic acid groups (broad SMARTS) is 1. The predicted molar refractivity (Wildman–Crippen MR) is 88.8 cm³/mol. The van der Waals surface area contributed by atoms with Gasteiger partial charge in [0, 0.05) is 12.1 Å². The lowest BCUT2D eigenvalue weighted by Crippen LogP contribution is -2.45. The van der Waals surface area contributed by atoms with Crippen LogP contribution in [-0.2, 0) is 10.2 Å². The molecule has 25 heavy (non-hydrogen) atoms. The predicted octanol–water partition coefficient (Wildman–Crippen LogP) is 1.38. The van der Waals surface area contributed by atoms with Crippen LogP contribution in [0.25, 0.3) is 0 Å². The van der Waals surface area contributed by atoms with Crippen LogP contribution in [0.2, 0.25) is 0 Å². The summed E-state index contributed by atoms with van der Waals surface area (Å²) in [4.78, 5) is 23.5. The van der Waals surface area contributed by atoms with Crippen molar-refractivity contribution in [1.29, 1.82) is 0 Å². The molecule has 0 atom stereocenters. The van der Waals surface area contributed by atoms with E-state index in [1.54, 1.807) is 6.92 Å². The summed E-state index contributed by atoms with van der Waals surface area (Å²) < 4.78 is 34.0. The molecule has 2 bridgehead atoms. The highest BCUT2D eigenvalue weighted by atomic mass is 32.2. The maximum atomic E-state index is 12.6. The third-order valence-electron chi connectivity index (χ3n) is 4.66. The molecule has 9 heteroatoms. The number of fused-ring (bicyclic) bond motifs is 2. The van der Waals surface area contributed by atoms with E-state index in [1.807, 2.05) is 0 Å². The quantitative estimate of drug-likeness (QED) is 0.784. The van der Waals surface area contributed by atoms with Gasteiger partial charge in [0.2, 0.25) is 0 Å². The number of carbonyl (C=O) groups excluding carboxylic acids is 1. The van der Waals surface area contributed by atoms with Crippen LogP contribution in [0.5, 0.6) is 5.75 Å². The van der Waals surface area contributed by atoms with E-state index < -0.39 is 22.1 Å². The van der Waals surface area contributed by atoms with E-state index in [4.69, 9.17) is 9.84 Å². The lowest BCUT2D eigenvalue weighted by molar-refractivity contribution is 0.0695. The van der Waals surface area contributed by atoms with E-state index in [0.29, 0.717) is 0 Å². The van der Waals surface area contributed by atoms with Crippen LogP contribution in [0.4, 0.5) is 0 Å². The molecule has 2 saturated heterocycles. The van der Waals surface area contributed by atoms with E-state index in [0.717, 1.165) is 25.7 Å².